The predicted molar refractivity (Wildman–Crippen MR) is 121 cm³/mol. The molecule has 1 saturated heterocycles. The minimum Gasteiger partial charge on any atom is -0.361 e. The van der Waals surface area contributed by atoms with Crippen molar-refractivity contribution in [3.8, 4) is 11.1 Å². The number of nitrogens with zero attached hydrogens (tertiary/aromatic N) is 4. The van der Waals surface area contributed by atoms with Crippen LogP contribution in [-0.2, 0) is 16.0 Å². The van der Waals surface area contributed by atoms with Gasteiger partial charge in [0, 0.05) is 45.7 Å². The summed E-state index contributed by atoms with van der Waals surface area (Å²) in [5, 5.41) is 0. The molecule has 164 valence electrons. The molecule has 0 N–H and O–H groups in total. The number of morpholine rings is 1. The number of pyridine rings is 2. The lowest BCUT2D eigenvalue weighted by Crippen LogP contribution is -2.61. The standard InChI is InChI=1S/C25H26N4O3/c1-28(2)24(31)25(16-19-7-5-8-20(15-19)21-9-6-11-26-17-21)18-29(13-14-32-25)23(30)22-10-3-4-12-27-22/h3-12,15,17H,13-14,16,18H2,1-2H3/t25-/m0/s1. The van der Waals surface area contributed by atoms with E-state index in [-0.39, 0.29) is 25.0 Å². The fraction of sp³-hybridized carbons (Fsp3) is 0.280. The van der Waals surface area contributed by atoms with E-state index in [2.05, 4.69) is 9.97 Å². The number of carbonyl (C=O) groups is 2. The van der Waals surface area contributed by atoms with Crippen LogP contribution in [0.3, 0.4) is 0 Å². The van der Waals surface area contributed by atoms with Gasteiger partial charge in [-0.15, -0.1) is 0 Å². The van der Waals surface area contributed by atoms with Crippen molar-refractivity contribution >= 4 is 11.8 Å². The highest BCUT2D eigenvalue weighted by atomic mass is 16.5. The van der Waals surface area contributed by atoms with Crippen LogP contribution < -0.4 is 0 Å². The maximum atomic E-state index is 13.3. The van der Waals surface area contributed by atoms with Crippen molar-refractivity contribution in [2.75, 3.05) is 33.8 Å². The monoisotopic (exact) mass is 430 g/mol. The molecule has 3 heterocycles. The number of aromatic nitrogens is 2. The average molecular weight is 431 g/mol. The first kappa shape index (κ1) is 21.6. The van der Waals surface area contributed by atoms with Gasteiger partial charge in [0.2, 0.25) is 0 Å². The topological polar surface area (TPSA) is 75.6 Å². The Morgan fingerprint density at radius 3 is 2.62 bits per heavy atom. The summed E-state index contributed by atoms with van der Waals surface area (Å²) in [7, 11) is 3.41. The normalized spacial score (nSPS) is 18.2. The van der Waals surface area contributed by atoms with Crippen molar-refractivity contribution in [3.63, 3.8) is 0 Å². The molecule has 4 rings (SSSR count). The largest absolute Gasteiger partial charge is 0.361 e. The Hall–Kier alpha value is -3.58. The first-order chi connectivity index (χ1) is 15.5. The molecule has 3 aromatic rings. The number of ether oxygens (including phenoxy) is 1. The summed E-state index contributed by atoms with van der Waals surface area (Å²) in [6.45, 7) is 0.852. The maximum absolute atomic E-state index is 13.3. The molecule has 1 fully saturated rings. The van der Waals surface area contributed by atoms with Crippen molar-refractivity contribution < 1.29 is 14.3 Å². The summed E-state index contributed by atoms with van der Waals surface area (Å²) in [5.74, 6) is -0.364. The average Bonchev–Trinajstić information content (AvgIpc) is 2.84. The van der Waals surface area contributed by atoms with E-state index in [0.717, 1.165) is 16.7 Å². The van der Waals surface area contributed by atoms with E-state index in [1.807, 2.05) is 42.6 Å². The van der Waals surface area contributed by atoms with Gasteiger partial charge in [0.05, 0.1) is 13.2 Å². The van der Waals surface area contributed by atoms with Gasteiger partial charge in [0.15, 0.2) is 5.60 Å². The Bertz CT molecular complexity index is 1090. The van der Waals surface area contributed by atoms with Gasteiger partial charge in [-0.2, -0.15) is 0 Å². The van der Waals surface area contributed by atoms with E-state index in [1.165, 1.54) is 4.90 Å². The molecule has 7 nitrogen and oxygen atoms in total. The molecule has 0 radical (unpaired) electrons. The summed E-state index contributed by atoms with van der Waals surface area (Å²) in [4.78, 5) is 37.9. The van der Waals surface area contributed by atoms with Crippen LogP contribution in [0.15, 0.2) is 73.2 Å². The van der Waals surface area contributed by atoms with E-state index in [4.69, 9.17) is 4.74 Å². The Balaban J connectivity index is 1.64. The van der Waals surface area contributed by atoms with Crippen LogP contribution in [0, 0.1) is 0 Å². The van der Waals surface area contributed by atoms with Gasteiger partial charge < -0.3 is 14.5 Å². The van der Waals surface area contributed by atoms with E-state index >= 15 is 0 Å². The fourth-order valence-electron chi connectivity index (χ4n) is 4.05. The molecule has 1 aliphatic heterocycles. The molecular weight excluding hydrogens is 404 g/mol. The van der Waals surface area contributed by atoms with Crippen LogP contribution in [-0.4, -0.2) is 71.0 Å². The zero-order chi connectivity index (χ0) is 22.6. The van der Waals surface area contributed by atoms with E-state index < -0.39 is 5.60 Å². The molecule has 0 saturated carbocycles. The molecule has 32 heavy (non-hydrogen) atoms. The van der Waals surface area contributed by atoms with Gasteiger partial charge >= 0.3 is 0 Å². The van der Waals surface area contributed by atoms with Crippen LogP contribution >= 0.6 is 0 Å². The van der Waals surface area contributed by atoms with Crippen LogP contribution in [0.1, 0.15) is 16.1 Å². The first-order valence-electron chi connectivity index (χ1n) is 10.5. The highest BCUT2D eigenvalue weighted by molar-refractivity contribution is 5.93. The molecule has 1 atom stereocenters. The third-order valence-electron chi connectivity index (χ3n) is 5.56. The third-order valence-corrected chi connectivity index (χ3v) is 5.56. The van der Waals surface area contributed by atoms with Gasteiger partial charge in [0.1, 0.15) is 5.69 Å². The highest BCUT2D eigenvalue weighted by Crippen LogP contribution is 2.28. The molecule has 0 bridgehead atoms. The smallest absolute Gasteiger partial charge is 0.272 e. The SMILES string of the molecule is CN(C)C(=O)[C@]1(Cc2cccc(-c3cccnc3)c2)CN(C(=O)c2ccccn2)CCO1. The molecule has 0 spiro atoms. The Labute approximate surface area is 187 Å². The van der Waals surface area contributed by atoms with Crippen LogP contribution in [0.4, 0.5) is 0 Å². The van der Waals surface area contributed by atoms with Gasteiger partial charge in [-0.25, -0.2) is 0 Å². The van der Waals surface area contributed by atoms with Crippen LogP contribution in [0.5, 0.6) is 0 Å². The van der Waals surface area contributed by atoms with E-state index in [0.29, 0.717) is 18.7 Å². The molecule has 0 unspecified atom stereocenters. The first-order valence-corrected chi connectivity index (χ1v) is 10.5. The number of rotatable bonds is 5. The molecule has 2 aromatic heterocycles. The lowest BCUT2D eigenvalue weighted by molar-refractivity contribution is -0.165. The van der Waals surface area contributed by atoms with Crippen LogP contribution in [0.25, 0.3) is 11.1 Å². The minimum atomic E-state index is -1.17. The quantitative estimate of drug-likeness (QED) is 0.622. The van der Waals surface area contributed by atoms with Gasteiger partial charge in [-0.1, -0.05) is 36.4 Å². The number of benzene rings is 1. The van der Waals surface area contributed by atoms with Crippen molar-refractivity contribution in [2.45, 2.75) is 12.0 Å². The molecule has 7 heteroatoms. The van der Waals surface area contributed by atoms with Gasteiger partial charge in [-0.05, 0) is 34.9 Å². The molecular formula is C25H26N4O3. The Kier molecular flexibility index (Phi) is 6.28. The van der Waals surface area contributed by atoms with Crippen LogP contribution in [0.2, 0.25) is 0 Å². The summed E-state index contributed by atoms with van der Waals surface area (Å²) >= 11 is 0. The Morgan fingerprint density at radius 2 is 1.91 bits per heavy atom. The number of hydrogen-bond acceptors (Lipinski definition) is 5. The summed E-state index contributed by atoms with van der Waals surface area (Å²) in [5.41, 5.74) is 2.16. The van der Waals surface area contributed by atoms with E-state index in [9.17, 15) is 9.59 Å². The third kappa shape index (κ3) is 4.53. The van der Waals surface area contributed by atoms with Gasteiger partial charge in [0.25, 0.3) is 11.8 Å². The maximum Gasteiger partial charge on any atom is 0.272 e. The Morgan fingerprint density at radius 1 is 1.06 bits per heavy atom. The second-order valence-electron chi connectivity index (χ2n) is 8.10. The fourth-order valence-corrected chi connectivity index (χ4v) is 4.05. The van der Waals surface area contributed by atoms with Gasteiger partial charge in [-0.3, -0.25) is 19.6 Å². The summed E-state index contributed by atoms with van der Waals surface area (Å²) < 4.78 is 6.14. The zero-order valence-electron chi connectivity index (χ0n) is 18.3. The lowest BCUT2D eigenvalue weighted by atomic mass is 9.89. The zero-order valence-corrected chi connectivity index (χ0v) is 18.3. The predicted octanol–water partition coefficient (Wildman–Crippen LogP) is 2.69. The van der Waals surface area contributed by atoms with Crippen molar-refractivity contribution in [3.05, 3.63) is 84.4 Å². The van der Waals surface area contributed by atoms with E-state index in [1.54, 1.807) is 49.6 Å². The number of likely N-dealkylation sites (N-methyl/N-ethyl adjacent to an activating group) is 1. The molecule has 0 aliphatic carbocycles. The second-order valence-corrected chi connectivity index (χ2v) is 8.10. The number of carbonyl (C=O) groups excluding carboxylic acids is 2. The minimum absolute atomic E-state index is 0.163. The van der Waals surface area contributed by atoms with Crippen molar-refractivity contribution in [1.29, 1.82) is 0 Å². The molecule has 2 amide bonds. The summed E-state index contributed by atoms with van der Waals surface area (Å²) in [6.07, 6.45) is 5.49. The number of amides is 2. The lowest BCUT2D eigenvalue weighted by Gasteiger charge is -2.42. The highest BCUT2D eigenvalue weighted by Gasteiger charge is 2.46. The van der Waals surface area contributed by atoms with Crippen molar-refractivity contribution in [1.82, 2.24) is 19.8 Å². The molecule has 1 aromatic carbocycles. The second kappa shape index (κ2) is 9.28. The summed E-state index contributed by atoms with van der Waals surface area (Å²) in [6, 6.07) is 17.1. The number of hydrogen-bond donors (Lipinski definition) is 0. The molecule has 1 aliphatic rings. The van der Waals surface area contributed by atoms with Crippen molar-refractivity contribution in [2.24, 2.45) is 0 Å².